The van der Waals surface area contributed by atoms with Crippen molar-refractivity contribution in [2.45, 2.75) is 64.8 Å². The number of amides is 3. The van der Waals surface area contributed by atoms with Crippen LogP contribution in [-0.4, -0.2) is 39.0 Å². The van der Waals surface area contributed by atoms with Crippen LogP contribution in [0.3, 0.4) is 0 Å². The van der Waals surface area contributed by atoms with E-state index in [1.54, 1.807) is 57.2 Å². The number of alkyl carbamates (subject to hydrolysis) is 1. The van der Waals surface area contributed by atoms with Crippen molar-refractivity contribution >= 4 is 34.8 Å². The molecular weight excluding hydrogens is 504 g/mol. The number of carbonyl (C=O) groups excluding carboxylic acids is 4. The molecule has 1 aliphatic rings. The Labute approximate surface area is 224 Å². The quantitative estimate of drug-likeness (QED) is 0.279. The minimum atomic E-state index is -2.13. The zero-order valence-corrected chi connectivity index (χ0v) is 22.2. The van der Waals surface area contributed by atoms with Crippen molar-refractivity contribution in [3.8, 4) is 0 Å². The van der Waals surface area contributed by atoms with Crippen molar-refractivity contribution < 1.29 is 28.7 Å². The molecule has 0 aliphatic carbocycles. The summed E-state index contributed by atoms with van der Waals surface area (Å²) in [5.41, 5.74) is -1.85. The Balaban J connectivity index is 1.73. The Morgan fingerprint density at radius 2 is 1.79 bits per heavy atom. The Hall–Kier alpha value is -4.54. The number of hydrogen-bond acceptors (Lipinski definition) is 8. The topological polar surface area (TPSA) is 146 Å². The summed E-state index contributed by atoms with van der Waals surface area (Å²) in [6.45, 7) is 6.68. The van der Waals surface area contributed by atoms with Crippen LogP contribution in [0.15, 0.2) is 53.3 Å². The standard InChI is InChI=1S/C28H30N4O7/c1-17-30-21-11-10-19(15-29-26(37)39-27(2,3)4)14-20(21)23(34)32(17)28(13-12-22(33)31-24(28)35)25(36)38-16-18-8-6-5-7-9-18/h5-11,14H,12-13,15-16H2,1-4H3,(H,29,37)(H,31,33,35)/t28-/m1/s1. The van der Waals surface area contributed by atoms with Crippen molar-refractivity contribution in [3.05, 3.63) is 75.8 Å². The van der Waals surface area contributed by atoms with Crippen LogP contribution in [0, 0.1) is 6.92 Å². The average molecular weight is 535 g/mol. The van der Waals surface area contributed by atoms with Crippen LogP contribution in [0.4, 0.5) is 4.79 Å². The first-order chi connectivity index (χ1) is 18.4. The molecule has 1 aliphatic heterocycles. The Morgan fingerprint density at radius 1 is 1.08 bits per heavy atom. The largest absolute Gasteiger partial charge is 0.459 e. The normalized spacial score (nSPS) is 17.4. The molecule has 39 heavy (non-hydrogen) atoms. The second kappa shape index (κ2) is 10.7. The number of rotatable bonds is 6. The molecular formula is C28H30N4O7. The molecule has 0 saturated carbocycles. The molecule has 1 atom stereocenters. The summed E-state index contributed by atoms with van der Waals surface area (Å²) >= 11 is 0. The Morgan fingerprint density at radius 3 is 2.46 bits per heavy atom. The SMILES string of the molecule is Cc1nc2ccc(CNC(=O)OC(C)(C)C)cc2c(=O)n1[C@]1(C(=O)OCc2ccccc2)CCC(=O)NC1=O. The fraction of sp³-hybridized carbons (Fsp3) is 0.357. The van der Waals surface area contributed by atoms with Gasteiger partial charge in [0.25, 0.3) is 11.5 Å². The number of esters is 1. The van der Waals surface area contributed by atoms with Crippen LogP contribution >= 0.6 is 0 Å². The number of nitrogens with one attached hydrogen (secondary N) is 2. The van der Waals surface area contributed by atoms with E-state index in [2.05, 4.69) is 15.6 Å². The molecule has 2 aromatic carbocycles. The lowest BCUT2D eigenvalue weighted by Gasteiger charge is -2.35. The predicted molar refractivity (Wildman–Crippen MR) is 140 cm³/mol. The van der Waals surface area contributed by atoms with E-state index in [0.29, 0.717) is 16.6 Å². The van der Waals surface area contributed by atoms with Gasteiger partial charge < -0.3 is 14.8 Å². The van der Waals surface area contributed by atoms with Crippen molar-refractivity contribution in [1.82, 2.24) is 20.2 Å². The van der Waals surface area contributed by atoms with Crippen LogP contribution in [0.2, 0.25) is 0 Å². The summed E-state index contributed by atoms with van der Waals surface area (Å²) in [4.78, 5) is 69.3. The molecule has 4 rings (SSSR count). The fourth-order valence-corrected chi connectivity index (χ4v) is 4.43. The zero-order chi connectivity index (χ0) is 28.4. The monoisotopic (exact) mass is 534 g/mol. The van der Waals surface area contributed by atoms with Gasteiger partial charge in [-0.3, -0.25) is 24.3 Å². The summed E-state index contributed by atoms with van der Waals surface area (Å²) in [5, 5.41) is 4.95. The number of ether oxygens (including phenoxy) is 2. The van der Waals surface area contributed by atoms with Gasteiger partial charge in [0.15, 0.2) is 0 Å². The third kappa shape index (κ3) is 5.82. The maximum absolute atomic E-state index is 13.9. The summed E-state index contributed by atoms with van der Waals surface area (Å²) in [7, 11) is 0. The third-order valence-corrected chi connectivity index (χ3v) is 6.21. The van der Waals surface area contributed by atoms with Crippen molar-refractivity contribution in [2.75, 3.05) is 0 Å². The zero-order valence-electron chi connectivity index (χ0n) is 22.2. The van der Waals surface area contributed by atoms with Gasteiger partial charge >= 0.3 is 12.1 Å². The third-order valence-electron chi connectivity index (χ3n) is 6.21. The highest BCUT2D eigenvalue weighted by Crippen LogP contribution is 2.30. The lowest BCUT2D eigenvalue weighted by molar-refractivity contribution is -0.164. The Bertz CT molecular complexity index is 1510. The highest BCUT2D eigenvalue weighted by molar-refractivity contribution is 6.13. The van der Waals surface area contributed by atoms with Gasteiger partial charge in [0.1, 0.15) is 18.0 Å². The van der Waals surface area contributed by atoms with E-state index in [9.17, 15) is 24.0 Å². The van der Waals surface area contributed by atoms with Crippen molar-refractivity contribution in [1.29, 1.82) is 0 Å². The minimum Gasteiger partial charge on any atom is -0.459 e. The number of nitrogens with zero attached hydrogens (tertiary/aromatic N) is 2. The van der Waals surface area contributed by atoms with Gasteiger partial charge in [-0.15, -0.1) is 0 Å². The molecule has 3 amide bonds. The maximum Gasteiger partial charge on any atom is 0.407 e. The summed E-state index contributed by atoms with van der Waals surface area (Å²) in [5.74, 6) is -2.37. The number of hydrogen-bond donors (Lipinski definition) is 2. The molecule has 204 valence electrons. The second-order valence-corrected chi connectivity index (χ2v) is 10.3. The molecule has 1 fully saturated rings. The summed E-state index contributed by atoms with van der Waals surface area (Å²) in [6.07, 6.45) is -1.06. The number of imide groups is 1. The molecule has 11 heteroatoms. The van der Waals surface area contributed by atoms with Gasteiger partial charge in [-0.2, -0.15) is 0 Å². The van der Waals surface area contributed by atoms with E-state index in [-0.39, 0.29) is 37.2 Å². The van der Waals surface area contributed by atoms with E-state index >= 15 is 0 Å². The summed E-state index contributed by atoms with van der Waals surface area (Å²) in [6, 6.07) is 13.7. The number of carbonyl (C=O) groups is 4. The number of benzene rings is 2. The van der Waals surface area contributed by atoms with Crippen LogP contribution < -0.4 is 16.2 Å². The molecule has 0 spiro atoms. The first kappa shape index (κ1) is 27.5. The lowest BCUT2D eigenvalue weighted by atomic mass is 9.87. The predicted octanol–water partition coefficient (Wildman–Crippen LogP) is 2.60. The number of aryl methyl sites for hydroxylation is 1. The first-order valence-electron chi connectivity index (χ1n) is 12.5. The van der Waals surface area contributed by atoms with Gasteiger partial charge in [0.05, 0.1) is 10.9 Å². The van der Waals surface area contributed by atoms with Crippen molar-refractivity contribution in [3.63, 3.8) is 0 Å². The Kier molecular flexibility index (Phi) is 7.53. The molecule has 1 saturated heterocycles. The van der Waals surface area contributed by atoms with Gasteiger partial charge in [0.2, 0.25) is 11.4 Å². The molecule has 0 bridgehead atoms. The molecule has 2 heterocycles. The fourth-order valence-electron chi connectivity index (χ4n) is 4.43. The highest BCUT2D eigenvalue weighted by Gasteiger charge is 2.54. The van der Waals surface area contributed by atoms with E-state index < -0.39 is 40.6 Å². The molecule has 2 N–H and O–H groups in total. The van der Waals surface area contributed by atoms with Crippen LogP contribution in [0.25, 0.3) is 10.9 Å². The number of fused-ring (bicyclic) bond motifs is 1. The van der Waals surface area contributed by atoms with E-state index in [1.165, 1.54) is 13.0 Å². The first-order valence-corrected chi connectivity index (χ1v) is 12.5. The van der Waals surface area contributed by atoms with Gasteiger partial charge in [0, 0.05) is 13.0 Å². The molecule has 0 unspecified atom stereocenters. The highest BCUT2D eigenvalue weighted by atomic mass is 16.6. The molecule has 11 nitrogen and oxygen atoms in total. The van der Waals surface area contributed by atoms with Gasteiger partial charge in [-0.25, -0.2) is 14.6 Å². The van der Waals surface area contributed by atoms with Gasteiger partial charge in [-0.05, 0) is 57.4 Å². The average Bonchev–Trinajstić information content (AvgIpc) is 2.87. The minimum absolute atomic E-state index is 0.0669. The molecule has 0 radical (unpaired) electrons. The lowest BCUT2D eigenvalue weighted by Crippen LogP contribution is -2.62. The van der Waals surface area contributed by atoms with Crippen molar-refractivity contribution in [2.24, 2.45) is 0 Å². The second-order valence-electron chi connectivity index (χ2n) is 10.3. The molecule has 1 aromatic heterocycles. The number of piperidine rings is 1. The van der Waals surface area contributed by atoms with Crippen LogP contribution in [-0.2, 0) is 42.5 Å². The van der Waals surface area contributed by atoms with Crippen LogP contribution in [0.5, 0.6) is 0 Å². The van der Waals surface area contributed by atoms with E-state index in [4.69, 9.17) is 9.47 Å². The molecule has 3 aromatic rings. The smallest absolute Gasteiger partial charge is 0.407 e. The van der Waals surface area contributed by atoms with E-state index in [1.807, 2.05) is 6.07 Å². The van der Waals surface area contributed by atoms with E-state index in [0.717, 1.165) is 4.57 Å². The summed E-state index contributed by atoms with van der Waals surface area (Å²) < 4.78 is 11.8. The van der Waals surface area contributed by atoms with Crippen LogP contribution in [0.1, 0.15) is 50.6 Å². The maximum atomic E-state index is 13.9. The number of aromatic nitrogens is 2. The van der Waals surface area contributed by atoms with Gasteiger partial charge in [-0.1, -0.05) is 36.4 Å².